The van der Waals surface area contributed by atoms with Crippen molar-refractivity contribution in [3.05, 3.63) is 0 Å². The van der Waals surface area contributed by atoms with E-state index in [1.807, 2.05) is 0 Å². The molecule has 1 unspecified atom stereocenters. The van der Waals surface area contributed by atoms with Gasteiger partial charge in [-0.15, -0.1) is 0 Å². The third-order valence-corrected chi connectivity index (χ3v) is 2.70. The number of nitrogens with zero attached hydrogens (tertiary/aromatic N) is 1. The number of carbonyl (C=O) groups excluding carboxylic acids is 1. The second-order valence-electron chi connectivity index (χ2n) is 4.20. The zero-order valence-corrected chi connectivity index (χ0v) is 10.3. The Labute approximate surface area is 96.6 Å². The smallest absolute Gasteiger partial charge is 0.319 e. The number of rotatable bonds is 5. The summed E-state index contributed by atoms with van der Waals surface area (Å²) in [5.41, 5.74) is 0. The molecular formula is C11H21NO4. The Morgan fingerprint density at radius 1 is 1.56 bits per heavy atom. The van der Waals surface area contributed by atoms with Gasteiger partial charge in [0.2, 0.25) is 0 Å². The van der Waals surface area contributed by atoms with Crippen molar-refractivity contribution >= 4 is 5.97 Å². The molecule has 0 radical (unpaired) electrons. The molecule has 1 aliphatic rings. The summed E-state index contributed by atoms with van der Waals surface area (Å²) in [6, 6.07) is 0.297. The standard InChI is InChI=1S/C11H21NO4/c1-9(2)12(7-11(13)14-3)6-10-4-5-15-8-16-10/h9-10H,4-8H2,1-3H3. The van der Waals surface area contributed by atoms with Gasteiger partial charge in [0.25, 0.3) is 0 Å². The average molecular weight is 231 g/mol. The van der Waals surface area contributed by atoms with Crippen molar-refractivity contribution in [2.45, 2.75) is 32.4 Å². The van der Waals surface area contributed by atoms with Crippen LogP contribution in [-0.4, -0.2) is 56.6 Å². The van der Waals surface area contributed by atoms with E-state index in [1.165, 1.54) is 7.11 Å². The summed E-state index contributed by atoms with van der Waals surface area (Å²) in [6.45, 7) is 6.26. The normalized spacial score (nSPS) is 21.4. The molecule has 0 saturated carbocycles. The molecule has 0 aromatic carbocycles. The predicted octanol–water partition coefficient (Wildman–Crippen LogP) is 0.633. The van der Waals surface area contributed by atoms with Crippen LogP contribution >= 0.6 is 0 Å². The fourth-order valence-corrected chi connectivity index (χ4v) is 1.60. The Kier molecular flexibility index (Phi) is 5.73. The van der Waals surface area contributed by atoms with Crippen LogP contribution < -0.4 is 0 Å². The van der Waals surface area contributed by atoms with Crippen LogP contribution in [0.3, 0.4) is 0 Å². The zero-order valence-electron chi connectivity index (χ0n) is 10.3. The summed E-state index contributed by atoms with van der Waals surface area (Å²) in [4.78, 5) is 13.3. The van der Waals surface area contributed by atoms with E-state index in [9.17, 15) is 4.79 Å². The van der Waals surface area contributed by atoms with Gasteiger partial charge in [-0.05, 0) is 20.3 Å². The molecule has 5 heteroatoms. The van der Waals surface area contributed by atoms with Crippen LogP contribution in [-0.2, 0) is 19.0 Å². The summed E-state index contributed by atoms with van der Waals surface area (Å²) in [5.74, 6) is -0.208. The molecule has 5 nitrogen and oxygen atoms in total. The number of ether oxygens (including phenoxy) is 3. The van der Waals surface area contributed by atoms with Crippen molar-refractivity contribution in [2.24, 2.45) is 0 Å². The number of carbonyl (C=O) groups is 1. The van der Waals surface area contributed by atoms with Crippen LogP contribution in [0.2, 0.25) is 0 Å². The van der Waals surface area contributed by atoms with E-state index < -0.39 is 0 Å². The predicted molar refractivity (Wildman–Crippen MR) is 59.0 cm³/mol. The molecule has 1 saturated heterocycles. The van der Waals surface area contributed by atoms with E-state index in [2.05, 4.69) is 23.5 Å². The molecule has 94 valence electrons. The fourth-order valence-electron chi connectivity index (χ4n) is 1.60. The highest BCUT2D eigenvalue weighted by Gasteiger charge is 2.21. The summed E-state index contributed by atoms with van der Waals surface area (Å²) in [6.07, 6.45) is 1.03. The van der Waals surface area contributed by atoms with Gasteiger partial charge in [0.15, 0.2) is 0 Å². The zero-order chi connectivity index (χ0) is 12.0. The molecular weight excluding hydrogens is 210 g/mol. The van der Waals surface area contributed by atoms with Gasteiger partial charge in [0.05, 0.1) is 26.4 Å². The highest BCUT2D eigenvalue weighted by Crippen LogP contribution is 2.10. The summed E-state index contributed by atoms with van der Waals surface area (Å²) >= 11 is 0. The van der Waals surface area contributed by atoms with Crippen LogP contribution in [0.1, 0.15) is 20.3 Å². The molecule has 0 aromatic rings. The van der Waals surface area contributed by atoms with Gasteiger partial charge in [0.1, 0.15) is 6.79 Å². The van der Waals surface area contributed by atoms with Crippen molar-refractivity contribution in [2.75, 3.05) is 33.6 Å². The lowest BCUT2D eigenvalue weighted by Gasteiger charge is -2.31. The van der Waals surface area contributed by atoms with Gasteiger partial charge >= 0.3 is 5.97 Å². The van der Waals surface area contributed by atoms with Gasteiger partial charge in [0, 0.05) is 12.6 Å². The van der Waals surface area contributed by atoms with Crippen LogP contribution in [0.25, 0.3) is 0 Å². The van der Waals surface area contributed by atoms with Gasteiger partial charge in [-0.1, -0.05) is 0 Å². The number of esters is 1. The lowest BCUT2D eigenvalue weighted by molar-refractivity contribution is -0.152. The molecule has 0 aromatic heterocycles. The first kappa shape index (κ1) is 13.4. The van der Waals surface area contributed by atoms with Crippen LogP contribution in [0, 0.1) is 0 Å². The Balaban J connectivity index is 2.40. The van der Waals surface area contributed by atoms with Crippen molar-refractivity contribution in [1.29, 1.82) is 0 Å². The average Bonchev–Trinajstić information content (AvgIpc) is 2.29. The summed E-state index contributed by atoms with van der Waals surface area (Å²) in [7, 11) is 1.41. The van der Waals surface area contributed by atoms with Gasteiger partial charge in [-0.25, -0.2) is 0 Å². The first-order chi connectivity index (χ1) is 7.63. The molecule has 1 fully saturated rings. The van der Waals surface area contributed by atoms with Crippen LogP contribution in [0.5, 0.6) is 0 Å². The molecule has 1 aliphatic heterocycles. The van der Waals surface area contributed by atoms with Crippen LogP contribution in [0.4, 0.5) is 0 Å². The van der Waals surface area contributed by atoms with Gasteiger partial charge < -0.3 is 14.2 Å². The molecule has 0 spiro atoms. The monoisotopic (exact) mass is 231 g/mol. The summed E-state index contributed by atoms with van der Waals surface area (Å²) < 4.78 is 15.2. The maximum absolute atomic E-state index is 11.2. The molecule has 1 atom stereocenters. The van der Waals surface area contributed by atoms with Crippen molar-refractivity contribution < 1.29 is 19.0 Å². The minimum absolute atomic E-state index is 0.154. The Morgan fingerprint density at radius 2 is 2.31 bits per heavy atom. The molecule has 1 heterocycles. The molecule has 0 bridgehead atoms. The molecule has 0 N–H and O–H groups in total. The minimum atomic E-state index is -0.208. The highest BCUT2D eigenvalue weighted by molar-refractivity contribution is 5.71. The first-order valence-electron chi connectivity index (χ1n) is 5.63. The maximum Gasteiger partial charge on any atom is 0.319 e. The van der Waals surface area contributed by atoms with E-state index in [0.717, 1.165) is 19.6 Å². The van der Waals surface area contributed by atoms with Crippen molar-refractivity contribution in [3.8, 4) is 0 Å². The number of methoxy groups -OCH3 is 1. The Morgan fingerprint density at radius 3 is 2.81 bits per heavy atom. The molecule has 0 aliphatic carbocycles. The topological polar surface area (TPSA) is 48.0 Å². The summed E-state index contributed by atoms with van der Waals surface area (Å²) in [5, 5.41) is 0. The largest absolute Gasteiger partial charge is 0.468 e. The second kappa shape index (κ2) is 6.83. The fraction of sp³-hybridized carbons (Fsp3) is 0.909. The van der Waals surface area contributed by atoms with E-state index in [1.54, 1.807) is 0 Å². The first-order valence-corrected chi connectivity index (χ1v) is 5.63. The lowest BCUT2D eigenvalue weighted by Crippen LogP contribution is -2.43. The SMILES string of the molecule is COC(=O)CN(CC1CCOCO1)C(C)C. The molecule has 16 heavy (non-hydrogen) atoms. The lowest BCUT2D eigenvalue weighted by atomic mass is 10.2. The maximum atomic E-state index is 11.2. The second-order valence-corrected chi connectivity index (χ2v) is 4.20. The number of hydrogen-bond acceptors (Lipinski definition) is 5. The van der Waals surface area contributed by atoms with Crippen molar-refractivity contribution in [3.63, 3.8) is 0 Å². The third kappa shape index (κ3) is 4.47. The Bertz CT molecular complexity index is 214. The van der Waals surface area contributed by atoms with E-state index >= 15 is 0 Å². The third-order valence-electron chi connectivity index (χ3n) is 2.70. The molecule has 1 rings (SSSR count). The highest BCUT2D eigenvalue weighted by atomic mass is 16.7. The quantitative estimate of drug-likeness (QED) is 0.650. The van der Waals surface area contributed by atoms with Gasteiger partial charge in [-0.3, -0.25) is 9.69 Å². The van der Waals surface area contributed by atoms with Crippen LogP contribution in [0.15, 0.2) is 0 Å². The van der Waals surface area contributed by atoms with E-state index in [-0.39, 0.29) is 12.1 Å². The molecule has 0 amide bonds. The minimum Gasteiger partial charge on any atom is -0.468 e. The van der Waals surface area contributed by atoms with E-state index in [0.29, 0.717) is 19.4 Å². The van der Waals surface area contributed by atoms with E-state index in [4.69, 9.17) is 9.47 Å². The Hall–Kier alpha value is -0.650. The number of hydrogen-bond donors (Lipinski definition) is 0. The van der Waals surface area contributed by atoms with Gasteiger partial charge in [-0.2, -0.15) is 0 Å². The van der Waals surface area contributed by atoms with Crippen molar-refractivity contribution in [1.82, 2.24) is 4.90 Å².